The minimum Gasteiger partial charge on any atom is -0.381 e. The number of sulfonamides is 1. The van der Waals surface area contributed by atoms with Crippen molar-refractivity contribution in [2.24, 2.45) is 5.92 Å². The summed E-state index contributed by atoms with van der Waals surface area (Å²) in [6.07, 6.45) is 3.04. The molecular weight excluding hydrogens is 345 g/mol. The molecule has 0 unspecified atom stereocenters. The van der Waals surface area contributed by atoms with E-state index in [4.69, 9.17) is 27.9 Å². The molecule has 2 atom stereocenters. The number of rotatable bonds is 5. The molecule has 1 saturated carbocycles. The van der Waals surface area contributed by atoms with E-state index >= 15 is 0 Å². The van der Waals surface area contributed by atoms with Crippen LogP contribution in [0.25, 0.3) is 0 Å². The summed E-state index contributed by atoms with van der Waals surface area (Å²) in [4.78, 5) is 0. The van der Waals surface area contributed by atoms with Crippen molar-refractivity contribution in [3.8, 4) is 0 Å². The second-order valence-corrected chi connectivity index (χ2v) is 8.80. The van der Waals surface area contributed by atoms with Gasteiger partial charge >= 0.3 is 0 Å². The highest BCUT2D eigenvalue weighted by Gasteiger charge is 2.39. The van der Waals surface area contributed by atoms with Crippen molar-refractivity contribution in [3.63, 3.8) is 0 Å². The molecule has 0 spiro atoms. The van der Waals surface area contributed by atoms with Gasteiger partial charge in [0, 0.05) is 18.6 Å². The molecule has 1 N–H and O–H groups in total. The summed E-state index contributed by atoms with van der Waals surface area (Å²) in [5, 5.41) is 0.590. The van der Waals surface area contributed by atoms with Gasteiger partial charge in [-0.05, 0) is 43.4 Å². The molecule has 7 heteroatoms. The molecule has 4 nitrogen and oxygen atoms in total. The van der Waals surface area contributed by atoms with Crippen molar-refractivity contribution < 1.29 is 13.2 Å². The van der Waals surface area contributed by atoms with Gasteiger partial charge in [-0.15, -0.1) is 0 Å². The molecule has 1 aliphatic carbocycles. The topological polar surface area (TPSA) is 55.4 Å². The van der Waals surface area contributed by atoms with Crippen LogP contribution in [0, 0.1) is 5.92 Å². The summed E-state index contributed by atoms with van der Waals surface area (Å²) in [5.74, 6) is -0.0674. The summed E-state index contributed by atoms with van der Waals surface area (Å²) >= 11 is 12.0. The van der Waals surface area contributed by atoms with Crippen LogP contribution in [0.15, 0.2) is 18.2 Å². The van der Waals surface area contributed by atoms with Gasteiger partial charge in [-0.25, -0.2) is 13.1 Å². The minimum absolute atomic E-state index is 0.0674. The lowest BCUT2D eigenvalue weighted by Gasteiger charge is -2.31. The zero-order valence-corrected chi connectivity index (χ0v) is 14.4. The predicted octanol–water partition coefficient (Wildman–Crippen LogP) is 3.02. The minimum atomic E-state index is -3.30. The second kappa shape index (κ2) is 6.65. The van der Waals surface area contributed by atoms with Crippen LogP contribution in [-0.2, 0) is 21.2 Å². The molecule has 0 aromatic heterocycles. The Bertz CT molecular complexity index is 646. The normalized spacial score (nSPS) is 26.1. The smallest absolute Gasteiger partial charge is 0.215 e. The average molecular weight is 364 g/mol. The summed E-state index contributed by atoms with van der Waals surface area (Å²) in [7, 11) is -3.30. The largest absolute Gasteiger partial charge is 0.381 e. The highest BCUT2D eigenvalue weighted by atomic mass is 35.5. The first-order valence-corrected chi connectivity index (χ1v) is 9.79. The first-order chi connectivity index (χ1) is 10.5. The molecule has 1 saturated heterocycles. The Balaban J connectivity index is 1.75. The van der Waals surface area contributed by atoms with Crippen LogP contribution in [-0.4, -0.2) is 32.9 Å². The predicted molar refractivity (Wildman–Crippen MR) is 88.0 cm³/mol. The highest BCUT2D eigenvalue weighted by Crippen LogP contribution is 2.30. The Kier molecular flexibility index (Phi) is 5.00. The van der Waals surface area contributed by atoms with Crippen LogP contribution in [0.2, 0.25) is 10.0 Å². The average Bonchev–Trinajstić information content (AvgIpc) is 3.27. The molecule has 2 aliphatic rings. The molecule has 1 aromatic carbocycles. The summed E-state index contributed by atoms with van der Waals surface area (Å²) in [6, 6.07) is 5.57. The monoisotopic (exact) mass is 363 g/mol. The van der Waals surface area contributed by atoms with Crippen molar-refractivity contribution in [2.45, 2.75) is 37.0 Å². The SMILES string of the molecule is O=S(=O)(NC1CC1)[C@H]1CCOC[C@H]1Cc1ccc(Cl)c(Cl)c1. The molecule has 22 heavy (non-hydrogen) atoms. The standard InChI is InChI=1S/C15H19Cl2NO3S/c16-13-4-1-10(8-14(13)17)7-11-9-21-6-5-15(11)22(19,20)18-12-2-3-12/h1,4,8,11-12,15,18H,2-3,5-7,9H2/t11-,15+/m1/s1. The third-order valence-corrected chi connectivity index (χ3v) is 7.01. The van der Waals surface area contributed by atoms with Gasteiger partial charge in [0.1, 0.15) is 0 Å². The van der Waals surface area contributed by atoms with E-state index in [0.29, 0.717) is 36.1 Å². The van der Waals surface area contributed by atoms with Crippen LogP contribution in [0.4, 0.5) is 0 Å². The number of hydrogen-bond donors (Lipinski definition) is 1. The summed E-state index contributed by atoms with van der Waals surface area (Å²) in [5.41, 5.74) is 0.983. The zero-order chi connectivity index (χ0) is 15.7. The third kappa shape index (κ3) is 3.95. The van der Waals surface area contributed by atoms with Crippen molar-refractivity contribution in [1.29, 1.82) is 0 Å². The van der Waals surface area contributed by atoms with Gasteiger partial charge in [0.05, 0.1) is 21.9 Å². The van der Waals surface area contributed by atoms with Gasteiger partial charge in [0.2, 0.25) is 10.0 Å². The van der Waals surface area contributed by atoms with Crippen molar-refractivity contribution in [3.05, 3.63) is 33.8 Å². The van der Waals surface area contributed by atoms with E-state index in [0.717, 1.165) is 18.4 Å². The maximum absolute atomic E-state index is 12.5. The molecule has 122 valence electrons. The number of ether oxygens (including phenoxy) is 1. The fourth-order valence-corrected chi connectivity index (χ4v) is 5.15. The van der Waals surface area contributed by atoms with Crippen LogP contribution in [0.1, 0.15) is 24.8 Å². The lowest BCUT2D eigenvalue weighted by Crippen LogP contribution is -2.45. The van der Waals surface area contributed by atoms with E-state index in [-0.39, 0.29) is 12.0 Å². The Morgan fingerprint density at radius 2 is 1.95 bits per heavy atom. The summed E-state index contributed by atoms with van der Waals surface area (Å²) in [6.45, 7) is 0.949. The quantitative estimate of drug-likeness (QED) is 0.874. The van der Waals surface area contributed by atoms with E-state index in [9.17, 15) is 8.42 Å². The van der Waals surface area contributed by atoms with Crippen molar-refractivity contribution in [1.82, 2.24) is 4.72 Å². The van der Waals surface area contributed by atoms with Crippen LogP contribution >= 0.6 is 23.2 Å². The molecule has 3 rings (SSSR count). The number of nitrogens with one attached hydrogen (secondary N) is 1. The molecule has 1 aliphatic heterocycles. The van der Waals surface area contributed by atoms with Crippen molar-refractivity contribution >= 4 is 33.2 Å². The van der Waals surface area contributed by atoms with Gasteiger partial charge in [0.25, 0.3) is 0 Å². The van der Waals surface area contributed by atoms with Crippen LogP contribution < -0.4 is 4.72 Å². The Labute approximate surface area is 141 Å². The molecule has 0 amide bonds. The van der Waals surface area contributed by atoms with Gasteiger partial charge in [-0.2, -0.15) is 0 Å². The molecule has 1 heterocycles. The second-order valence-electron chi connectivity index (χ2n) is 6.05. The first-order valence-electron chi connectivity index (χ1n) is 7.48. The first kappa shape index (κ1) is 16.5. The van der Waals surface area contributed by atoms with Gasteiger partial charge < -0.3 is 4.74 Å². The van der Waals surface area contributed by atoms with E-state index in [1.807, 2.05) is 6.07 Å². The number of halogens is 2. The Hall–Kier alpha value is -0.330. The lowest BCUT2D eigenvalue weighted by atomic mass is 9.93. The molecule has 2 fully saturated rings. The van der Waals surface area contributed by atoms with Gasteiger partial charge in [-0.1, -0.05) is 29.3 Å². The maximum atomic E-state index is 12.5. The fraction of sp³-hybridized carbons (Fsp3) is 0.600. The van der Waals surface area contributed by atoms with Gasteiger partial charge in [0.15, 0.2) is 0 Å². The van der Waals surface area contributed by atoms with Crippen LogP contribution in [0.5, 0.6) is 0 Å². The third-order valence-electron chi connectivity index (χ3n) is 4.19. The molecular formula is C15H19Cl2NO3S. The zero-order valence-electron chi connectivity index (χ0n) is 12.1. The lowest BCUT2D eigenvalue weighted by molar-refractivity contribution is 0.0570. The van der Waals surface area contributed by atoms with Crippen molar-refractivity contribution in [2.75, 3.05) is 13.2 Å². The fourth-order valence-electron chi connectivity index (χ4n) is 2.87. The molecule has 1 aromatic rings. The Morgan fingerprint density at radius 3 is 2.64 bits per heavy atom. The Morgan fingerprint density at radius 1 is 1.18 bits per heavy atom. The van der Waals surface area contributed by atoms with E-state index in [2.05, 4.69) is 4.72 Å². The summed E-state index contributed by atoms with van der Waals surface area (Å²) < 4.78 is 33.4. The van der Waals surface area contributed by atoms with Crippen LogP contribution in [0.3, 0.4) is 0 Å². The highest BCUT2D eigenvalue weighted by molar-refractivity contribution is 7.90. The van der Waals surface area contributed by atoms with E-state index in [1.165, 1.54) is 0 Å². The van der Waals surface area contributed by atoms with E-state index < -0.39 is 15.3 Å². The van der Waals surface area contributed by atoms with E-state index in [1.54, 1.807) is 12.1 Å². The molecule has 0 radical (unpaired) electrons. The maximum Gasteiger partial charge on any atom is 0.215 e. The van der Waals surface area contributed by atoms with Gasteiger partial charge in [-0.3, -0.25) is 0 Å². The number of benzene rings is 1. The molecule has 0 bridgehead atoms. The number of hydrogen-bond acceptors (Lipinski definition) is 3.